The van der Waals surface area contributed by atoms with Gasteiger partial charge in [0.25, 0.3) is 0 Å². The van der Waals surface area contributed by atoms with E-state index in [0.29, 0.717) is 11.0 Å². The summed E-state index contributed by atoms with van der Waals surface area (Å²) >= 11 is 1.58. The van der Waals surface area contributed by atoms with Crippen molar-refractivity contribution in [2.45, 2.75) is 26.0 Å². The van der Waals surface area contributed by atoms with Crippen LogP contribution in [0.4, 0.5) is 5.69 Å². The Morgan fingerprint density at radius 2 is 1.59 bits per heavy atom. The standard InChI is InChI=1S/C11H15NOS.C7H9N/c1-8-5-3-4-6-10(8)9(2)14-7-11(12)13;1-6-4-2-3-5-7(6)8/h3-6,9H,7H2,1-2H3,(H2,12,13);2-5H,8H2,1H3. The number of hydrogen-bond donors (Lipinski definition) is 2. The lowest BCUT2D eigenvalue weighted by Gasteiger charge is -2.12. The van der Waals surface area contributed by atoms with Gasteiger partial charge in [-0.25, -0.2) is 0 Å². The molecule has 0 saturated carbocycles. The molecule has 3 nitrogen and oxygen atoms in total. The predicted molar refractivity (Wildman–Crippen MR) is 96.8 cm³/mol. The number of thioether (sulfide) groups is 1. The average molecular weight is 316 g/mol. The zero-order valence-electron chi connectivity index (χ0n) is 13.4. The minimum atomic E-state index is -0.254. The number of carbonyl (C=O) groups is 1. The summed E-state index contributed by atoms with van der Waals surface area (Å²) in [5.41, 5.74) is 15.2. The summed E-state index contributed by atoms with van der Waals surface area (Å²) in [5.74, 6) is 0.130. The highest BCUT2D eigenvalue weighted by atomic mass is 32.2. The third-order valence-corrected chi connectivity index (χ3v) is 4.50. The van der Waals surface area contributed by atoms with Gasteiger partial charge in [-0.05, 0) is 43.5 Å². The van der Waals surface area contributed by atoms with E-state index in [0.717, 1.165) is 11.3 Å². The van der Waals surface area contributed by atoms with E-state index in [1.807, 2.05) is 43.3 Å². The number of nitrogens with two attached hydrogens (primary N) is 2. The Hall–Kier alpha value is -1.94. The lowest BCUT2D eigenvalue weighted by Crippen LogP contribution is -2.14. The van der Waals surface area contributed by atoms with E-state index in [1.165, 1.54) is 11.1 Å². The van der Waals surface area contributed by atoms with Gasteiger partial charge in [0.15, 0.2) is 0 Å². The van der Waals surface area contributed by atoms with Crippen LogP contribution in [0.25, 0.3) is 0 Å². The Bertz CT molecular complexity index is 593. The molecule has 2 aromatic carbocycles. The monoisotopic (exact) mass is 316 g/mol. The lowest BCUT2D eigenvalue weighted by molar-refractivity contribution is -0.115. The molecular weight excluding hydrogens is 292 g/mol. The Labute approximate surface area is 137 Å². The maximum Gasteiger partial charge on any atom is 0.227 e. The third kappa shape index (κ3) is 6.22. The van der Waals surface area contributed by atoms with Crippen molar-refractivity contribution in [1.82, 2.24) is 0 Å². The molecule has 22 heavy (non-hydrogen) atoms. The van der Waals surface area contributed by atoms with Crippen LogP contribution in [0, 0.1) is 13.8 Å². The van der Waals surface area contributed by atoms with Gasteiger partial charge >= 0.3 is 0 Å². The van der Waals surface area contributed by atoms with Crippen LogP contribution in [0.5, 0.6) is 0 Å². The summed E-state index contributed by atoms with van der Waals surface area (Å²) in [6.07, 6.45) is 0. The van der Waals surface area contributed by atoms with Crippen molar-refractivity contribution in [2.75, 3.05) is 11.5 Å². The molecule has 0 radical (unpaired) electrons. The number of para-hydroxylation sites is 1. The molecule has 4 N–H and O–H groups in total. The fourth-order valence-electron chi connectivity index (χ4n) is 1.93. The highest BCUT2D eigenvalue weighted by Crippen LogP contribution is 2.29. The van der Waals surface area contributed by atoms with E-state index < -0.39 is 0 Å². The number of rotatable bonds is 4. The quantitative estimate of drug-likeness (QED) is 0.842. The van der Waals surface area contributed by atoms with Gasteiger partial charge in [-0.15, -0.1) is 11.8 Å². The maximum absolute atomic E-state index is 10.6. The summed E-state index contributed by atoms with van der Waals surface area (Å²) in [6.45, 7) is 6.17. The molecule has 0 aliphatic rings. The molecule has 0 saturated heterocycles. The number of anilines is 1. The van der Waals surface area contributed by atoms with Crippen LogP contribution in [0.2, 0.25) is 0 Å². The Balaban J connectivity index is 0.000000255. The van der Waals surface area contributed by atoms with Gasteiger partial charge in [0, 0.05) is 10.9 Å². The minimum absolute atomic E-state index is 0.254. The maximum atomic E-state index is 10.6. The SMILES string of the molecule is Cc1ccccc1C(C)SCC(N)=O.Cc1ccccc1N. The molecule has 0 aromatic heterocycles. The molecule has 0 bridgehead atoms. The minimum Gasteiger partial charge on any atom is -0.399 e. The van der Waals surface area contributed by atoms with Gasteiger partial charge in [0.2, 0.25) is 5.91 Å². The smallest absolute Gasteiger partial charge is 0.227 e. The van der Waals surface area contributed by atoms with E-state index in [4.69, 9.17) is 11.5 Å². The van der Waals surface area contributed by atoms with Gasteiger partial charge < -0.3 is 11.5 Å². The molecule has 0 spiro atoms. The number of primary amides is 1. The van der Waals surface area contributed by atoms with E-state index in [2.05, 4.69) is 26.0 Å². The van der Waals surface area contributed by atoms with Gasteiger partial charge in [0.05, 0.1) is 5.75 Å². The first-order chi connectivity index (χ1) is 10.4. The zero-order chi connectivity index (χ0) is 16.5. The van der Waals surface area contributed by atoms with Gasteiger partial charge in [0.1, 0.15) is 0 Å². The van der Waals surface area contributed by atoms with Crippen molar-refractivity contribution in [1.29, 1.82) is 0 Å². The number of nitrogen functional groups attached to an aromatic ring is 1. The molecule has 0 aliphatic carbocycles. The summed E-state index contributed by atoms with van der Waals surface area (Å²) < 4.78 is 0. The molecule has 1 atom stereocenters. The molecular formula is C18H24N2OS. The molecule has 1 amide bonds. The van der Waals surface area contributed by atoms with Crippen LogP contribution in [-0.4, -0.2) is 11.7 Å². The fourth-order valence-corrected chi connectivity index (χ4v) is 2.78. The predicted octanol–water partition coefficient (Wildman–Crippen LogP) is 3.85. The van der Waals surface area contributed by atoms with Crippen LogP contribution < -0.4 is 11.5 Å². The van der Waals surface area contributed by atoms with Crippen molar-refractivity contribution in [3.8, 4) is 0 Å². The Morgan fingerprint density at radius 1 is 1.05 bits per heavy atom. The topological polar surface area (TPSA) is 69.1 Å². The molecule has 4 heteroatoms. The molecule has 0 aliphatic heterocycles. The van der Waals surface area contributed by atoms with Crippen molar-refractivity contribution in [3.05, 3.63) is 65.2 Å². The largest absolute Gasteiger partial charge is 0.399 e. The van der Waals surface area contributed by atoms with Crippen molar-refractivity contribution >= 4 is 23.4 Å². The zero-order valence-corrected chi connectivity index (χ0v) is 14.2. The first kappa shape index (κ1) is 18.1. The summed E-state index contributed by atoms with van der Waals surface area (Å²) in [6, 6.07) is 16.0. The van der Waals surface area contributed by atoms with Crippen molar-refractivity contribution < 1.29 is 4.79 Å². The number of aryl methyl sites for hydroxylation is 2. The second kappa shape index (κ2) is 9.15. The number of benzene rings is 2. The van der Waals surface area contributed by atoms with Crippen molar-refractivity contribution in [2.24, 2.45) is 5.73 Å². The fraction of sp³-hybridized carbons (Fsp3) is 0.278. The van der Waals surface area contributed by atoms with Gasteiger partial charge in [-0.3, -0.25) is 4.79 Å². The van der Waals surface area contributed by atoms with Crippen LogP contribution >= 0.6 is 11.8 Å². The third-order valence-electron chi connectivity index (χ3n) is 3.29. The molecule has 0 heterocycles. The van der Waals surface area contributed by atoms with Crippen LogP contribution in [0.15, 0.2) is 48.5 Å². The van der Waals surface area contributed by atoms with E-state index in [9.17, 15) is 4.79 Å². The summed E-state index contributed by atoms with van der Waals surface area (Å²) in [4.78, 5) is 10.6. The van der Waals surface area contributed by atoms with E-state index in [1.54, 1.807) is 11.8 Å². The number of carbonyl (C=O) groups excluding carboxylic acids is 1. The van der Waals surface area contributed by atoms with Crippen LogP contribution in [-0.2, 0) is 4.79 Å². The molecule has 2 rings (SSSR count). The first-order valence-electron chi connectivity index (χ1n) is 7.18. The van der Waals surface area contributed by atoms with Gasteiger partial charge in [-0.2, -0.15) is 0 Å². The van der Waals surface area contributed by atoms with Crippen molar-refractivity contribution in [3.63, 3.8) is 0 Å². The van der Waals surface area contributed by atoms with Gasteiger partial charge in [-0.1, -0.05) is 42.5 Å². The summed E-state index contributed by atoms with van der Waals surface area (Å²) in [5, 5.41) is 0.323. The molecule has 118 valence electrons. The van der Waals surface area contributed by atoms with Crippen LogP contribution in [0.3, 0.4) is 0 Å². The second-order valence-electron chi connectivity index (χ2n) is 5.13. The highest BCUT2D eigenvalue weighted by Gasteiger charge is 2.09. The molecule has 0 fully saturated rings. The van der Waals surface area contributed by atoms with Crippen LogP contribution in [0.1, 0.15) is 28.9 Å². The van der Waals surface area contributed by atoms with E-state index in [-0.39, 0.29) is 5.91 Å². The molecule has 2 aromatic rings. The first-order valence-corrected chi connectivity index (χ1v) is 8.23. The van der Waals surface area contributed by atoms with E-state index >= 15 is 0 Å². The number of amides is 1. The Morgan fingerprint density at radius 3 is 2.05 bits per heavy atom. The number of hydrogen-bond acceptors (Lipinski definition) is 3. The Kier molecular flexibility index (Phi) is 7.54. The molecule has 1 unspecified atom stereocenters. The summed E-state index contributed by atoms with van der Waals surface area (Å²) in [7, 11) is 0. The lowest BCUT2D eigenvalue weighted by atomic mass is 10.1. The average Bonchev–Trinajstić information content (AvgIpc) is 2.49. The normalized spacial score (nSPS) is 11.2. The highest BCUT2D eigenvalue weighted by molar-refractivity contribution is 8.00. The second-order valence-corrected chi connectivity index (χ2v) is 6.46.